The number of aliphatic imine (C=N–C) groups is 1. The van der Waals surface area contributed by atoms with Gasteiger partial charge in [0.05, 0.1) is 11.9 Å². The summed E-state index contributed by atoms with van der Waals surface area (Å²) in [7, 11) is 0. The molecule has 0 atom stereocenters. The molecule has 0 aliphatic heterocycles. The summed E-state index contributed by atoms with van der Waals surface area (Å²) in [4.78, 5) is 19.5. The summed E-state index contributed by atoms with van der Waals surface area (Å²) in [5.74, 6) is 0.826. The fraction of sp³-hybridized carbons (Fsp3) is 0.462. The van der Waals surface area contributed by atoms with Crippen molar-refractivity contribution < 1.29 is 4.79 Å². The number of pyridine rings is 1. The topological polar surface area (TPSA) is 92.4 Å². The lowest BCUT2D eigenvalue weighted by molar-refractivity contribution is -0.114. The van der Waals surface area contributed by atoms with Crippen molar-refractivity contribution in [2.75, 3.05) is 18.4 Å². The van der Waals surface area contributed by atoms with Crippen LogP contribution in [0, 0.1) is 5.92 Å². The van der Waals surface area contributed by atoms with Crippen LogP contribution in [0.2, 0.25) is 0 Å². The molecule has 0 radical (unpaired) electrons. The van der Waals surface area contributed by atoms with Crippen LogP contribution in [0.4, 0.5) is 5.69 Å². The van der Waals surface area contributed by atoms with Crippen LogP contribution in [0.3, 0.4) is 0 Å². The van der Waals surface area contributed by atoms with Crippen molar-refractivity contribution in [1.82, 2.24) is 10.3 Å². The molecule has 1 aromatic rings. The third-order valence-corrected chi connectivity index (χ3v) is 3.13. The summed E-state index contributed by atoms with van der Waals surface area (Å²) in [5.41, 5.74) is 6.35. The van der Waals surface area contributed by atoms with Gasteiger partial charge in [0, 0.05) is 12.7 Å². The normalized spacial score (nSPS) is 15.7. The summed E-state index contributed by atoms with van der Waals surface area (Å²) in [5, 5.41) is 5.73. The summed E-state index contributed by atoms with van der Waals surface area (Å²) in [6.07, 6.45) is 7.04. The molecule has 1 fully saturated rings. The number of carbonyl (C=O) groups excluding carboxylic acids is 1. The first-order chi connectivity index (χ1) is 9.24. The standard InChI is InChI=1S/C13H19N5O/c14-13(16-7-10-3-1-4-10)17-9-12(19)18-11-5-2-6-15-8-11/h2,5-6,8,10H,1,3-4,7,9H2,(H,18,19)(H3,14,16,17). The van der Waals surface area contributed by atoms with Crippen molar-refractivity contribution in [2.24, 2.45) is 16.6 Å². The zero-order valence-electron chi connectivity index (χ0n) is 10.8. The third-order valence-electron chi connectivity index (χ3n) is 3.13. The number of hydrogen-bond donors (Lipinski definition) is 3. The van der Waals surface area contributed by atoms with Crippen LogP contribution >= 0.6 is 0 Å². The van der Waals surface area contributed by atoms with E-state index in [0.29, 0.717) is 17.6 Å². The second-order valence-corrected chi connectivity index (χ2v) is 4.67. The number of aromatic nitrogens is 1. The maximum atomic E-state index is 11.6. The Morgan fingerprint density at radius 2 is 2.37 bits per heavy atom. The minimum atomic E-state index is -0.207. The van der Waals surface area contributed by atoms with E-state index in [1.165, 1.54) is 19.3 Å². The molecule has 0 aromatic carbocycles. The first-order valence-electron chi connectivity index (χ1n) is 6.47. The third kappa shape index (κ3) is 4.57. The molecule has 0 unspecified atom stereocenters. The predicted molar refractivity (Wildman–Crippen MR) is 74.7 cm³/mol. The molecule has 6 heteroatoms. The fourth-order valence-electron chi connectivity index (χ4n) is 1.80. The molecule has 0 bridgehead atoms. The number of nitrogens with one attached hydrogen (secondary N) is 2. The molecular weight excluding hydrogens is 242 g/mol. The Morgan fingerprint density at radius 1 is 1.53 bits per heavy atom. The van der Waals surface area contributed by atoms with Crippen LogP contribution in [-0.4, -0.2) is 29.9 Å². The summed E-state index contributed by atoms with van der Waals surface area (Å²) < 4.78 is 0. The molecule has 1 saturated carbocycles. The van der Waals surface area contributed by atoms with Gasteiger partial charge in [-0.25, -0.2) is 4.99 Å². The molecular formula is C13H19N5O. The lowest BCUT2D eigenvalue weighted by Gasteiger charge is -2.25. The second kappa shape index (κ2) is 6.72. The number of amides is 1. The second-order valence-electron chi connectivity index (χ2n) is 4.67. The average Bonchev–Trinajstić information content (AvgIpc) is 2.36. The Kier molecular flexibility index (Phi) is 4.72. The number of hydrogen-bond acceptors (Lipinski definition) is 3. The highest BCUT2D eigenvalue weighted by molar-refractivity contribution is 5.93. The lowest BCUT2D eigenvalue weighted by Crippen LogP contribution is -2.37. The molecule has 0 saturated heterocycles. The quantitative estimate of drug-likeness (QED) is 0.538. The van der Waals surface area contributed by atoms with Gasteiger partial charge < -0.3 is 16.4 Å². The van der Waals surface area contributed by atoms with Gasteiger partial charge in [0.1, 0.15) is 6.54 Å². The molecule has 4 N–H and O–H groups in total. The van der Waals surface area contributed by atoms with E-state index in [0.717, 1.165) is 6.54 Å². The Morgan fingerprint density at radius 3 is 3.00 bits per heavy atom. The minimum absolute atomic E-state index is 0.0123. The van der Waals surface area contributed by atoms with Gasteiger partial charge in [0.25, 0.3) is 0 Å². The molecule has 2 rings (SSSR count). The van der Waals surface area contributed by atoms with E-state index in [1.54, 1.807) is 24.5 Å². The van der Waals surface area contributed by atoms with E-state index in [2.05, 4.69) is 20.6 Å². The van der Waals surface area contributed by atoms with Crippen molar-refractivity contribution in [3.63, 3.8) is 0 Å². The van der Waals surface area contributed by atoms with Crippen molar-refractivity contribution >= 4 is 17.6 Å². The Hall–Kier alpha value is -2.11. The number of nitrogens with zero attached hydrogens (tertiary/aromatic N) is 2. The Bertz CT molecular complexity index is 442. The average molecular weight is 261 g/mol. The van der Waals surface area contributed by atoms with Crippen LogP contribution in [0.25, 0.3) is 0 Å². The van der Waals surface area contributed by atoms with Gasteiger partial charge in [0.2, 0.25) is 5.91 Å². The number of nitrogens with two attached hydrogens (primary N) is 1. The van der Waals surface area contributed by atoms with E-state index >= 15 is 0 Å². The highest BCUT2D eigenvalue weighted by Gasteiger charge is 2.16. The van der Waals surface area contributed by atoms with Crippen LogP contribution in [-0.2, 0) is 4.79 Å². The van der Waals surface area contributed by atoms with E-state index in [-0.39, 0.29) is 12.5 Å². The van der Waals surface area contributed by atoms with Gasteiger partial charge in [-0.1, -0.05) is 6.42 Å². The number of carbonyl (C=O) groups is 1. The van der Waals surface area contributed by atoms with Gasteiger partial charge in [-0.3, -0.25) is 9.78 Å². The molecule has 6 nitrogen and oxygen atoms in total. The predicted octanol–water partition coefficient (Wildman–Crippen LogP) is 0.724. The molecule has 1 aromatic heterocycles. The molecule has 19 heavy (non-hydrogen) atoms. The van der Waals surface area contributed by atoms with Crippen molar-refractivity contribution in [3.8, 4) is 0 Å². The fourth-order valence-corrected chi connectivity index (χ4v) is 1.80. The summed E-state index contributed by atoms with van der Waals surface area (Å²) in [6.45, 7) is 0.859. The SMILES string of the molecule is NC(=NCC(=O)Nc1cccnc1)NCC1CCC1. The maximum absolute atomic E-state index is 11.6. The van der Waals surface area contributed by atoms with E-state index in [1.807, 2.05) is 0 Å². The monoisotopic (exact) mass is 261 g/mol. The molecule has 1 aliphatic carbocycles. The first kappa shape index (κ1) is 13.3. The molecule has 102 valence electrons. The first-order valence-corrected chi connectivity index (χ1v) is 6.47. The zero-order chi connectivity index (χ0) is 13.5. The van der Waals surface area contributed by atoms with Crippen LogP contribution in [0.1, 0.15) is 19.3 Å². The molecule has 1 heterocycles. The number of anilines is 1. The van der Waals surface area contributed by atoms with E-state index < -0.39 is 0 Å². The van der Waals surface area contributed by atoms with Crippen LogP contribution < -0.4 is 16.4 Å². The van der Waals surface area contributed by atoms with E-state index in [4.69, 9.17) is 5.73 Å². The van der Waals surface area contributed by atoms with Crippen LogP contribution in [0.5, 0.6) is 0 Å². The van der Waals surface area contributed by atoms with Gasteiger partial charge >= 0.3 is 0 Å². The molecule has 1 amide bonds. The van der Waals surface area contributed by atoms with Crippen molar-refractivity contribution in [3.05, 3.63) is 24.5 Å². The van der Waals surface area contributed by atoms with Gasteiger partial charge in [-0.2, -0.15) is 0 Å². The number of rotatable bonds is 5. The Labute approximate surface area is 112 Å². The van der Waals surface area contributed by atoms with Crippen molar-refractivity contribution in [2.45, 2.75) is 19.3 Å². The lowest BCUT2D eigenvalue weighted by atomic mass is 9.85. The largest absolute Gasteiger partial charge is 0.370 e. The highest BCUT2D eigenvalue weighted by Crippen LogP contribution is 2.24. The van der Waals surface area contributed by atoms with Gasteiger partial charge in [-0.05, 0) is 30.9 Å². The zero-order valence-corrected chi connectivity index (χ0v) is 10.8. The van der Waals surface area contributed by atoms with E-state index in [9.17, 15) is 4.79 Å². The van der Waals surface area contributed by atoms with Gasteiger partial charge in [-0.15, -0.1) is 0 Å². The Balaban J connectivity index is 1.69. The smallest absolute Gasteiger partial charge is 0.246 e. The molecule has 1 aliphatic rings. The summed E-state index contributed by atoms with van der Waals surface area (Å²) in [6, 6.07) is 3.53. The minimum Gasteiger partial charge on any atom is -0.370 e. The summed E-state index contributed by atoms with van der Waals surface area (Å²) >= 11 is 0. The molecule has 0 spiro atoms. The number of guanidine groups is 1. The highest BCUT2D eigenvalue weighted by atomic mass is 16.1. The maximum Gasteiger partial charge on any atom is 0.246 e. The van der Waals surface area contributed by atoms with Gasteiger partial charge in [0.15, 0.2) is 5.96 Å². The van der Waals surface area contributed by atoms with Crippen molar-refractivity contribution in [1.29, 1.82) is 0 Å². The van der Waals surface area contributed by atoms with Crippen LogP contribution in [0.15, 0.2) is 29.5 Å².